The van der Waals surface area contributed by atoms with Gasteiger partial charge in [0.1, 0.15) is 17.3 Å². The summed E-state index contributed by atoms with van der Waals surface area (Å²) in [5.41, 5.74) is 1.30. The minimum Gasteiger partial charge on any atom is -0.457 e. The van der Waals surface area contributed by atoms with E-state index in [4.69, 9.17) is 4.74 Å². The zero-order valence-electron chi connectivity index (χ0n) is 14.9. The number of aromatic nitrogens is 4. The number of H-pyrrole nitrogens is 1. The fourth-order valence-electron chi connectivity index (χ4n) is 2.62. The SMILES string of the molecule is O=C(NCc1nc(-c2ccncc2)n[nH]1)c1ccccc1Oc1ccccc1. The molecule has 4 rings (SSSR count). The molecule has 0 bridgehead atoms. The molecule has 0 saturated carbocycles. The molecule has 0 atom stereocenters. The van der Waals surface area contributed by atoms with E-state index >= 15 is 0 Å². The normalized spacial score (nSPS) is 10.4. The summed E-state index contributed by atoms with van der Waals surface area (Å²) in [6.07, 6.45) is 3.35. The van der Waals surface area contributed by atoms with E-state index in [0.29, 0.717) is 28.7 Å². The number of hydrogen-bond donors (Lipinski definition) is 2. The molecule has 0 aliphatic carbocycles. The first-order valence-corrected chi connectivity index (χ1v) is 8.71. The zero-order valence-corrected chi connectivity index (χ0v) is 14.9. The Hall–Kier alpha value is -4.00. The monoisotopic (exact) mass is 371 g/mol. The van der Waals surface area contributed by atoms with E-state index in [1.807, 2.05) is 48.5 Å². The number of carbonyl (C=O) groups excluding carboxylic acids is 1. The van der Waals surface area contributed by atoms with Gasteiger partial charge in [-0.3, -0.25) is 14.9 Å². The summed E-state index contributed by atoms with van der Waals surface area (Å²) in [4.78, 5) is 21.0. The van der Waals surface area contributed by atoms with Crippen LogP contribution in [0.25, 0.3) is 11.4 Å². The topological polar surface area (TPSA) is 92.8 Å². The molecule has 0 fully saturated rings. The lowest BCUT2D eigenvalue weighted by Gasteiger charge is -2.10. The van der Waals surface area contributed by atoms with Crippen molar-refractivity contribution in [3.05, 3.63) is 90.5 Å². The van der Waals surface area contributed by atoms with Gasteiger partial charge in [0.15, 0.2) is 5.82 Å². The van der Waals surface area contributed by atoms with Gasteiger partial charge < -0.3 is 10.1 Å². The number of para-hydroxylation sites is 2. The van der Waals surface area contributed by atoms with Crippen molar-refractivity contribution in [2.75, 3.05) is 0 Å². The molecular weight excluding hydrogens is 354 g/mol. The number of aromatic amines is 1. The predicted octanol–water partition coefficient (Wildman–Crippen LogP) is 3.59. The van der Waals surface area contributed by atoms with Crippen molar-refractivity contribution < 1.29 is 9.53 Å². The molecule has 28 heavy (non-hydrogen) atoms. The van der Waals surface area contributed by atoms with Crippen LogP contribution in [0.4, 0.5) is 0 Å². The number of nitrogens with one attached hydrogen (secondary N) is 2. The maximum Gasteiger partial charge on any atom is 0.255 e. The van der Waals surface area contributed by atoms with Gasteiger partial charge in [-0.1, -0.05) is 30.3 Å². The van der Waals surface area contributed by atoms with Crippen LogP contribution in [0.1, 0.15) is 16.2 Å². The highest BCUT2D eigenvalue weighted by molar-refractivity contribution is 5.96. The Labute approximate surface area is 161 Å². The van der Waals surface area contributed by atoms with Gasteiger partial charge in [0, 0.05) is 18.0 Å². The van der Waals surface area contributed by atoms with E-state index in [0.717, 1.165) is 5.56 Å². The van der Waals surface area contributed by atoms with Gasteiger partial charge >= 0.3 is 0 Å². The van der Waals surface area contributed by atoms with Crippen LogP contribution in [0.5, 0.6) is 11.5 Å². The third-order valence-electron chi connectivity index (χ3n) is 3.99. The Morgan fingerprint density at radius 3 is 2.54 bits per heavy atom. The zero-order chi connectivity index (χ0) is 19.2. The van der Waals surface area contributed by atoms with E-state index < -0.39 is 0 Å². The first-order valence-electron chi connectivity index (χ1n) is 8.71. The summed E-state index contributed by atoms with van der Waals surface area (Å²) >= 11 is 0. The second kappa shape index (κ2) is 8.13. The first-order chi connectivity index (χ1) is 13.8. The average molecular weight is 371 g/mol. The lowest BCUT2D eigenvalue weighted by Crippen LogP contribution is -2.23. The number of carbonyl (C=O) groups is 1. The summed E-state index contributed by atoms with van der Waals surface area (Å²) in [5, 5.41) is 9.85. The number of nitrogens with zero attached hydrogens (tertiary/aromatic N) is 3. The van der Waals surface area contributed by atoms with Gasteiger partial charge in [0.25, 0.3) is 5.91 Å². The van der Waals surface area contributed by atoms with Crippen LogP contribution >= 0.6 is 0 Å². The molecule has 0 spiro atoms. The highest BCUT2D eigenvalue weighted by Gasteiger charge is 2.14. The summed E-state index contributed by atoms with van der Waals surface area (Å²) in [6, 6.07) is 20.1. The molecule has 2 aromatic heterocycles. The van der Waals surface area contributed by atoms with E-state index in [2.05, 4.69) is 25.5 Å². The molecule has 0 radical (unpaired) electrons. The van der Waals surface area contributed by atoms with Crippen LogP contribution in [0.2, 0.25) is 0 Å². The van der Waals surface area contributed by atoms with Crippen LogP contribution in [0.3, 0.4) is 0 Å². The average Bonchev–Trinajstić information content (AvgIpc) is 3.23. The van der Waals surface area contributed by atoms with Crippen molar-refractivity contribution in [2.45, 2.75) is 6.54 Å². The van der Waals surface area contributed by atoms with E-state index in [1.54, 1.807) is 30.6 Å². The van der Waals surface area contributed by atoms with Crippen LogP contribution in [-0.2, 0) is 6.54 Å². The number of amides is 1. The second-order valence-electron chi connectivity index (χ2n) is 5.94. The maximum absolute atomic E-state index is 12.6. The largest absolute Gasteiger partial charge is 0.457 e. The van der Waals surface area contributed by atoms with Gasteiger partial charge in [0.2, 0.25) is 0 Å². The Balaban J connectivity index is 1.44. The summed E-state index contributed by atoms with van der Waals surface area (Å²) in [7, 11) is 0. The Morgan fingerprint density at radius 2 is 1.71 bits per heavy atom. The third-order valence-corrected chi connectivity index (χ3v) is 3.99. The van der Waals surface area contributed by atoms with E-state index in [9.17, 15) is 4.79 Å². The molecule has 0 aliphatic rings. The molecule has 2 N–H and O–H groups in total. The highest BCUT2D eigenvalue weighted by Crippen LogP contribution is 2.25. The van der Waals surface area contributed by atoms with E-state index in [-0.39, 0.29) is 12.5 Å². The fourth-order valence-corrected chi connectivity index (χ4v) is 2.62. The summed E-state index contributed by atoms with van der Waals surface area (Å²) in [6.45, 7) is 0.219. The molecule has 1 amide bonds. The molecule has 2 aromatic carbocycles. The quantitative estimate of drug-likeness (QED) is 0.540. The minimum absolute atomic E-state index is 0.219. The number of hydrogen-bond acceptors (Lipinski definition) is 5. The maximum atomic E-state index is 12.6. The number of ether oxygens (including phenoxy) is 1. The fraction of sp³-hybridized carbons (Fsp3) is 0.0476. The van der Waals surface area contributed by atoms with Gasteiger partial charge in [-0.25, -0.2) is 4.98 Å². The Kier molecular flexibility index (Phi) is 5.06. The van der Waals surface area contributed by atoms with Gasteiger partial charge in [-0.15, -0.1) is 0 Å². The molecule has 4 aromatic rings. The van der Waals surface area contributed by atoms with Crippen molar-refractivity contribution in [1.29, 1.82) is 0 Å². The molecule has 7 heteroatoms. The van der Waals surface area contributed by atoms with Crippen molar-refractivity contribution in [1.82, 2.24) is 25.5 Å². The number of pyridine rings is 1. The number of rotatable bonds is 6. The van der Waals surface area contributed by atoms with E-state index in [1.165, 1.54) is 0 Å². The Bertz CT molecular complexity index is 1060. The third kappa shape index (κ3) is 4.04. The van der Waals surface area contributed by atoms with Crippen molar-refractivity contribution >= 4 is 5.91 Å². The standard InChI is InChI=1S/C21H17N5O2/c27-21(17-8-4-5-9-18(17)28-16-6-2-1-3-7-16)23-14-19-24-20(26-25-19)15-10-12-22-13-11-15/h1-13H,14H2,(H,23,27)(H,24,25,26). The molecular formula is C21H17N5O2. The van der Waals surface area contributed by atoms with Gasteiger partial charge in [0.05, 0.1) is 12.1 Å². The molecule has 0 saturated heterocycles. The van der Waals surface area contributed by atoms with Crippen LogP contribution in [0, 0.1) is 0 Å². The lowest BCUT2D eigenvalue weighted by atomic mass is 10.2. The molecule has 2 heterocycles. The minimum atomic E-state index is -0.256. The van der Waals surface area contributed by atoms with Crippen molar-refractivity contribution in [3.63, 3.8) is 0 Å². The Morgan fingerprint density at radius 1 is 0.964 bits per heavy atom. The molecule has 0 aliphatic heterocycles. The lowest BCUT2D eigenvalue weighted by molar-refractivity contribution is 0.0947. The smallest absolute Gasteiger partial charge is 0.255 e. The summed E-state index contributed by atoms with van der Waals surface area (Å²) in [5.74, 6) is 2.01. The van der Waals surface area contributed by atoms with Crippen LogP contribution < -0.4 is 10.1 Å². The van der Waals surface area contributed by atoms with Gasteiger partial charge in [-0.05, 0) is 36.4 Å². The van der Waals surface area contributed by atoms with Gasteiger partial charge in [-0.2, -0.15) is 5.10 Å². The first kappa shape index (κ1) is 17.4. The summed E-state index contributed by atoms with van der Waals surface area (Å²) < 4.78 is 5.84. The predicted molar refractivity (Wildman–Crippen MR) is 104 cm³/mol. The van der Waals surface area contributed by atoms with Crippen molar-refractivity contribution in [3.8, 4) is 22.9 Å². The second-order valence-corrected chi connectivity index (χ2v) is 5.94. The number of benzene rings is 2. The highest BCUT2D eigenvalue weighted by atomic mass is 16.5. The van der Waals surface area contributed by atoms with Crippen LogP contribution in [0.15, 0.2) is 79.1 Å². The molecule has 0 unspecified atom stereocenters. The molecule has 7 nitrogen and oxygen atoms in total. The van der Waals surface area contributed by atoms with Crippen molar-refractivity contribution in [2.24, 2.45) is 0 Å². The molecule has 138 valence electrons. The van der Waals surface area contributed by atoms with Crippen LogP contribution in [-0.4, -0.2) is 26.1 Å².